The van der Waals surface area contributed by atoms with Crippen molar-refractivity contribution in [2.75, 3.05) is 19.6 Å². The number of thiophene rings is 1. The molecule has 5 rings (SSSR count). The van der Waals surface area contributed by atoms with Crippen molar-refractivity contribution in [2.24, 2.45) is 11.8 Å². The standard InChI is InChI=1S/C22H28N4O2S/c1-14-10-17(14)22(28)26-7-2-4-15(11-26)20-23-19-6-8-25(12-16-5-3-9-29-16)13-18(19)21(27)24-20/h3,5,9,14-15,17H,2,4,6-8,10-13H2,1H3,(H,23,24,27)/t14-,15-,17-/m1/s1. The van der Waals surface area contributed by atoms with Crippen molar-refractivity contribution >= 4 is 17.2 Å². The largest absolute Gasteiger partial charge is 0.342 e. The average molecular weight is 413 g/mol. The minimum absolute atomic E-state index is 0.000134. The SMILES string of the molecule is C[C@@H]1C[C@H]1C(=O)N1CCC[C@@H](c2nc3c(c(=O)[nH]2)CN(Cc2cccs2)CC3)C1. The lowest BCUT2D eigenvalue weighted by Gasteiger charge is -2.33. The van der Waals surface area contributed by atoms with Gasteiger partial charge in [-0.15, -0.1) is 11.3 Å². The summed E-state index contributed by atoms with van der Waals surface area (Å²) < 4.78 is 0. The highest BCUT2D eigenvalue weighted by molar-refractivity contribution is 7.09. The number of amides is 1. The van der Waals surface area contributed by atoms with Crippen LogP contribution in [0.15, 0.2) is 22.3 Å². The monoisotopic (exact) mass is 412 g/mol. The van der Waals surface area contributed by atoms with Gasteiger partial charge in [-0.2, -0.15) is 0 Å². The summed E-state index contributed by atoms with van der Waals surface area (Å²) in [5.41, 5.74) is 1.76. The molecular formula is C22H28N4O2S. The molecule has 2 aliphatic heterocycles. The molecule has 29 heavy (non-hydrogen) atoms. The summed E-state index contributed by atoms with van der Waals surface area (Å²) in [5.74, 6) is 1.97. The molecule has 1 saturated heterocycles. The Labute approximate surface area is 175 Å². The number of carbonyl (C=O) groups excluding carboxylic acids is 1. The maximum Gasteiger partial charge on any atom is 0.255 e. The van der Waals surface area contributed by atoms with Crippen LogP contribution >= 0.6 is 11.3 Å². The second kappa shape index (κ2) is 7.69. The number of H-pyrrole nitrogens is 1. The molecule has 1 N–H and O–H groups in total. The van der Waals surface area contributed by atoms with Gasteiger partial charge in [-0.3, -0.25) is 14.5 Å². The van der Waals surface area contributed by atoms with E-state index in [9.17, 15) is 9.59 Å². The molecule has 7 heteroatoms. The fourth-order valence-corrected chi connectivity index (χ4v) is 5.50. The van der Waals surface area contributed by atoms with Crippen molar-refractivity contribution in [1.29, 1.82) is 0 Å². The van der Waals surface area contributed by atoms with Crippen molar-refractivity contribution in [3.05, 3.63) is 49.8 Å². The van der Waals surface area contributed by atoms with Gasteiger partial charge >= 0.3 is 0 Å². The molecule has 1 aliphatic carbocycles. The van der Waals surface area contributed by atoms with Crippen LogP contribution in [0, 0.1) is 11.8 Å². The maximum absolute atomic E-state index is 12.9. The molecule has 0 aromatic carbocycles. The zero-order chi connectivity index (χ0) is 20.0. The number of rotatable bonds is 4. The topological polar surface area (TPSA) is 69.3 Å². The van der Waals surface area contributed by atoms with Crippen molar-refractivity contribution < 1.29 is 4.79 Å². The van der Waals surface area contributed by atoms with E-state index in [0.29, 0.717) is 24.9 Å². The van der Waals surface area contributed by atoms with E-state index >= 15 is 0 Å². The summed E-state index contributed by atoms with van der Waals surface area (Å²) >= 11 is 1.76. The first-order chi connectivity index (χ1) is 14.1. The maximum atomic E-state index is 12.9. The summed E-state index contributed by atoms with van der Waals surface area (Å²) in [4.78, 5) is 39.1. The third kappa shape index (κ3) is 3.90. The predicted octanol–water partition coefficient (Wildman–Crippen LogP) is 2.75. The van der Waals surface area contributed by atoms with Gasteiger partial charge in [0.05, 0.1) is 11.3 Å². The number of hydrogen-bond acceptors (Lipinski definition) is 5. The number of aromatic amines is 1. The molecule has 6 nitrogen and oxygen atoms in total. The van der Waals surface area contributed by atoms with Gasteiger partial charge in [0.15, 0.2) is 0 Å². The van der Waals surface area contributed by atoms with Crippen molar-refractivity contribution in [2.45, 2.75) is 51.6 Å². The number of piperidine rings is 1. The summed E-state index contributed by atoms with van der Waals surface area (Å²) in [5, 5.41) is 2.09. The van der Waals surface area contributed by atoms with Crippen LogP contribution in [0.2, 0.25) is 0 Å². The Hall–Kier alpha value is -1.99. The van der Waals surface area contributed by atoms with Crippen molar-refractivity contribution in [3.8, 4) is 0 Å². The van der Waals surface area contributed by atoms with Gasteiger partial charge in [0.2, 0.25) is 5.91 Å². The van der Waals surface area contributed by atoms with Crippen LogP contribution in [-0.2, 0) is 24.3 Å². The third-order valence-corrected chi connectivity index (χ3v) is 7.53. The summed E-state index contributed by atoms with van der Waals surface area (Å²) in [6, 6.07) is 4.21. The molecule has 0 unspecified atom stereocenters. The smallest absolute Gasteiger partial charge is 0.255 e. The normalized spacial score (nSPS) is 26.9. The summed E-state index contributed by atoms with van der Waals surface area (Å²) in [7, 11) is 0. The molecule has 4 heterocycles. The number of aromatic nitrogens is 2. The quantitative estimate of drug-likeness (QED) is 0.838. The van der Waals surface area contributed by atoms with Crippen LogP contribution < -0.4 is 5.56 Å². The molecule has 3 aliphatic rings. The molecule has 0 spiro atoms. The number of fused-ring (bicyclic) bond motifs is 1. The van der Waals surface area contributed by atoms with Crippen LogP contribution in [-0.4, -0.2) is 45.3 Å². The second-order valence-corrected chi connectivity index (χ2v) is 9.89. The van der Waals surface area contributed by atoms with E-state index in [2.05, 4.69) is 34.3 Å². The zero-order valence-electron chi connectivity index (χ0n) is 16.9. The van der Waals surface area contributed by atoms with Crippen LogP contribution in [0.25, 0.3) is 0 Å². The van der Waals surface area contributed by atoms with E-state index in [-0.39, 0.29) is 17.4 Å². The van der Waals surface area contributed by atoms with Gasteiger partial charge in [0.1, 0.15) is 5.82 Å². The Bertz CT molecular complexity index is 954. The van der Waals surface area contributed by atoms with E-state index in [1.807, 2.05) is 4.90 Å². The van der Waals surface area contributed by atoms with Crippen LogP contribution in [0.5, 0.6) is 0 Å². The fraction of sp³-hybridized carbons (Fsp3) is 0.591. The minimum Gasteiger partial charge on any atom is -0.342 e. The van der Waals surface area contributed by atoms with Gasteiger partial charge in [-0.1, -0.05) is 13.0 Å². The highest BCUT2D eigenvalue weighted by Gasteiger charge is 2.42. The predicted molar refractivity (Wildman–Crippen MR) is 113 cm³/mol. The van der Waals surface area contributed by atoms with E-state index in [1.54, 1.807) is 11.3 Å². The van der Waals surface area contributed by atoms with Gasteiger partial charge in [-0.05, 0) is 36.6 Å². The third-order valence-electron chi connectivity index (χ3n) is 6.67. The molecule has 0 radical (unpaired) electrons. The van der Waals surface area contributed by atoms with E-state index < -0.39 is 0 Å². The first kappa shape index (κ1) is 19.0. The van der Waals surface area contributed by atoms with Gasteiger partial charge < -0.3 is 9.88 Å². The first-order valence-corrected chi connectivity index (χ1v) is 11.6. The molecular weight excluding hydrogens is 384 g/mol. The summed E-state index contributed by atoms with van der Waals surface area (Å²) in [6.45, 7) is 6.14. The van der Waals surface area contributed by atoms with Gasteiger partial charge in [-0.25, -0.2) is 4.98 Å². The Kier molecular flexibility index (Phi) is 5.04. The van der Waals surface area contributed by atoms with Crippen LogP contribution in [0.4, 0.5) is 0 Å². The molecule has 154 valence electrons. The lowest BCUT2D eigenvalue weighted by atomic mass is 9.96. The van der Waals surface area contributed by atoms with Crippen molar-refractivity contribution in [3.63, 3.8) is 0 Å². The van der Waals surface area contributed by atoms with E-state index in [1.165, 1.54) is 4.88 Å². The lowest BCUT2D eigenvalue weighted by Crippen LogP contribution is -2.41. The molecule has 2 aromatic rings. The summed E-state index contributed by atoms with van der Waals surface area (Å²) in [6.07, 6.45) is 3.80. The van der Waals surface area contributed by atoms with Crippen molar-refractivity contribution in [1.82, 2.24) is 19.8 Å². The number of hydrogen-bond donors (Lipinski definition) is 1. The lowest BCUT2D eigenvalue weighted by molar-refractivity contribution is -0.134. The molecule has 3 atom stereocenters. The average Bonchev–Trinajstić information content (AvgIpc) is 3.24. The van der Waals surface area contributed by atoms with Gasteiger partial charge in [0, 0.05) is 55.9 Å². The highest BCUT2D eigenvalue weighted by Crippen LogP contribution is 2.40. The van der Waals surface area contributed by atoms with E-state index in [0.717, 1.165) is 62.4 Å². The molecule has 2 aromatic heterocycles. The number of carbonyl (C=O) groups is 1. The van der Waals surface area contributed by atoms with Crippen LogP contribution in [0.1, 0.15) is 54.1 Å². The molecule has 1 saturated carbocycles. The Morgan fingerprint density at radius 2 is 2.24 bits per heavy atom. The number of nitrogens with zero attached hydrogens (tertiary/aromatic N) is 3. The fourth-order valence-electron chi connectivity index (χ4n) is 4.75. The molecule has 0 bridgehead atoms. The molecule has 1 amide bonds. The molecule has 2 fully saturated rings. The minimum atomic E-state index is 0.000134. The number of likely N-dealkylation sites (tertiary alicyclic amines) is 1. The van der Waals surface area contributed by atoms with Gasteiger partial charge in [0.25, 0.3) is 5.56 Å². The Morgan fingerprint density at radius 1 is 1.38 bits per heavy atom. The van der Waals surface area contributed by atoms with Crippen LogP contribution in [0.3, 0.4) is 0 Å². The van der Waals surface area contributed by atoms with E-state index in [4.69, 9.17) is 4.98 Å². The zero-order valence-corrected chi connectivity index (χ0v) is 17.7. The first-order valence-electron chi connectivity index (χ1n) is 10.7. The highest BCUT2D eigenvalue weighted by atomic mass is 32.1. The second-order valence-electron chi connectivity index (χ2n) is 8.86. The number of nitrogens with one attached hydrogen (secondary N) is 1. The Balaban J connectivity index is 1.30. The Morgan fingerprint density at radius 3 is 3.00 bits per heavy atom.